The minimum atomic E-state index is 0.286. The Morgan fingerprint density at radius 2 is 1.95 bits per heavy atom. The van der Waals surface area contributed by atoms with Gasteiger partial charge in [0.05, 0.1) is 13.2 Å². The van der Waals surface area contributed by atoms with Gasteiger partial charge in [0.2, 0.25) is 0 Å². The van der Waals surface area contributed by atoms with Crippen molar-refractivity contribution in [2.45, 2.75) is 50.7 Å². The summed E-state index contributed by atoms with van der Waals surface area (Å²) in [4.78, 5) is 0. The van der Waals surface area contributed by atoms with Gasteiger partial charge in [-0.1, -0.05) is 11.6 Å². The van der Waals surface area contributed by atoms with Crippen LogP contribution in [-0.2, 0) is 0 Å². The van der Waals surface area contributed by atoms with E-state index in [0.717, 1.165) is 47.9 Å². The van der Waals surface area contributed by atoms with Crippen LogP contribution in [0.4, 0.5) is 0 Å². The van der Waals surface area contributed by atoms with Crippen molar-refractivity contribution < 1.29 is 9.47 Å². The van der Waals surface area contributed by atoms with Crippen LogP contribution < -0.4 is 14.8 Å². The molecule has 0 amide bonds. The molecule has 110 valence electrons. The summed E-state index contributed by atoms with van der Waals surface area (Å²) >= 11 is 6.45. The van der Waals surface area contributed by atoms with Crippen molar-refractivity contribution >= 4 is 11.6 Å². The van der Waals surface area contributed by atoms with Crippen molar-refractivity contribution in [2.75, 3.05) is 13.7 Å². The molecule has 2 fully saturated rings. The van der Waals surface area contributed by atoms with E-state index in [0.29, 0.717) is 6.10 Å². The molecule has 3 rings (SSSR count). The molecule has 1 saturated carbocycles. The van der Waals surface area contributed by atoms with Crippen LogP contribution in [0.5, 0.6) is 11.5 Å². The first-order chi connectivity index (χ1) is 9.79. The van der Waals surface area contributed by atoms with Gasteiger partial charge in [0, 0.05) is 16.6 Å². The van der Waals surface area contributed by atoms with Crippen LogP contribution in [0.25, 0.3) is 0 Å². The van der Waals surface area contributed by atoms with Crippen molar-refractivity contribution in [1.29, 1.82) is 0 Å². The van der Waals surface area contributed by atoms with Gasteiger partial charge in [-0.25, -0.2) is 0 Å². The van der Waals surface area contributed by atoms with Crippen molar-refractivity contribution in [3.05, 3.63) is 22.7 Å². The molecule has 1 aliphatic heterocycles. The predicted octanol–water partition coefficient (Wildman–Crippen LogP) is 4.09. The lowest BCUT2D eigenvalue weighted by atomic mass is 10.0. The predicted molar refractivity (Wildman–Crippen MR) is 80.9 cm³/mol. The zero-order valence-electron chi connectivity index (χ0n) is 12.0. The fourth-order valence-electron chi connectivity index (χ4n) is 3.27. The summed E-state index contributed by atoms with van der Waals surface area (Å²) in [7, 11) is 1.69. The molecule has 0 spiro atoms. The molecule has 0 aromatic heterocycles. The van der Waals surface area contributed by atoms with Gasteiger partial charge < -0.3 is 14.8 Å². The maximum Gasteiger partial charge on any atom is 0.167 e. The van der Waals surface area contributed by atoms with Crippen LogP contribution >= 0.6 is 11.6 Å². The zero-order valence-corrected chi connectivity index (χ0v) is 12.7. The maximum absolute atomic E-state index is 6.45. The van der Waals surface area contributed by atoms with Crippen molar-refractivity contribution in [1.82, 2.24) is 5.32 Å². The number of hydrogen-bond donors (Lipinski definition) is 1. The second kappa shape index (κ2) is 6.23. The maximum atomic E-state index is 6.45. The highest BCUT2D eigenvalue weighted by atomic mass is 35.5. The first-order valence-electron chi connectivity index (χ1n) is 7.56. The third kappa shape index (κ3) is 2.75. The van der Waals surface area contributed by atoms with E-state index in [-0.39, 0.29) is 6.04 Å². The number of rotatable bonds is 4. The molecule has 1 saturated heterocycles. The number of nitrogens with one attached hydrogen (secondary N) is 1. The molecule has 1 N–H and O–H groups in total. The fraction of sp³-hybridized carbons (Fsp3) is 0.625. The number of hydrogen-bond acceptors (Lipinski definition) is 3. The number of ether oxygens (including phenoxy) is 2. The highest BCUT2D eigenvalue weighted by Crippen LogP contribution is 2.43. The largest absolute Gasteiger partial charge is 0.493 e. The van der Waals surface area contributed by atoms with Gasteiger partial charge in [0.15, 0.2) is 11.5 Å². The molecule has 1 heterocycles. The van der Waals surface area contributed by atoms with E-state index in [1.807, 2.05) is 12.1 Å². The molecule has 1 aromatic rings. The molecule has 0 bridgehead atoms. The smallest absolute Gasteiger partial charge is 0.167 e. The molecule has 4 heteroatoms. The highest BCUT2D eigenvalue weighted by molar-refractivity contribution is 6.31. The van der Waals surface area contributed by atoms with E-state index >= 15 is 0 Å². The summed E-state index contributed by atoms with van der Waals surface area (Å²) in [5, 5.41) is 4.29. The SMILES string of the molecule is COc1ccc(Cl)c(C2CCCN2)c1OC1CCCC1. The van der Waals surface area contributed by atoms with Gasteiger partial charge in [0.1, 0.15) is 0 Å². The molecule has 2 aliphatic rings. The first kappa shape index (κ1) is 14.0. The average molecular weight is 296 g/mol. The molecule has 3 nitrogen and oxygen atoms in total. The lowest BCUT2D eigenvalue weighted by Crippen LogP contribution is -2.18. The molecular weight excluding hydrogens is 274 g/mol. The standard InChI is InChI=1S/C16H22ClNO2/c1-19-14-9-8-12(17)15(13-7-4-10-18-13)16(14)20-11-5-2-3-6-11/h8-9,11,13,18H,2-7,10H2,1H3. The Balaban J connectivity index is 1.95. The normalized spacial score (nSPS) is 23.2. The first-order valence-corrected chi connectivity index (χ1v) is 7.94. The van der Waals surface area contributed by atoms with E-state index < -0.39 is 0 Å². The summed E-state index contributed by atoms with van der Waals surface area (Å²) in [5.41, 5.74) is 1.08. The second-order valence-corrected chi connectivity index (χ2v) is 6.07. The lowest BCUT2D eigenvalue weighted by Gasteiger charge is -2.23. The molecule has 1 aromatic carbocycles. The number of benzene rings is 1. The van der Waals surface area contributed by atoms with Gasteiger partial charge in [-0.3, -0.25) is 0 Å². The van der Waals surface area contributed by atoms with E-state index in [2.05, 4.69) is 5.32 Å². The fourth-order valence-corrected chi connectivity index (χ4v) is 3.55. The zero-order chi connectivity index (χ0) is 13.9. The van der Waals surface area contributed by atoms with Crippen LogP contribution in [-0.4, -0.2) is 19.8 Å². The van der Waals surface area contributed by atoms with Crippen molar-refractivity contribution in [3.63, 3.8) is 0 Å². The topological polar surface area (TPSA) is 30.5 Å². The van der Waals surface area contributed by atoms with Gasteiger partial charge in [0.25, 0.3) is 0 Å². The summed E-state index contributed by atoms with van der Waals surface area (Å²) in [6.07, 6.45) is 7.37. The minimum absolute atomic E-state index is 0.286. The van der Waals surface area contributed by atoms with Crippen LogP contribution in [0.2, 0.25) is 5.02 Å². The average Bonchev–Trinajstić information content (AvgIpc) is 3.12. The monoisotopic (exact) mass is 295 g/mol. The second-order valence-electron chi connectivity index (χ2n) is 5.67. The van der Waals surface area contributed by atoms with E-state index in [4.69, 9.17) is 21.1 Å². The quantitative estimate of drug-likeness (QED) is 0.907. The van der Waals surface area contributed by atoms with E-state index in [1.165, 1.54) is 19.3 Å². The Kier molecular flexibility index (Phi) is 4.37. The Morgan fingerprint density at radius 3 is 2.60 bits per heavy atom. The van der Waals surface area contributed by atoms with Gasteiger partial charge in [-0.05, 0) is 57.2 Å². The van der Waals surface area contributed by atoms with Crippen LogP contribution in [0, 0.1) is 0 Å². The van der Waals surface area contributed by atoms with Crippen molar-refractivity contribution in [2.24, 2.45) is 0 Å². The van der Waals surface area contributed by atoms with Gasteiger partial charge in [-0.15, -0.1) is 0 Å². The summed E-state index contributed by atoms with van der Waals surface area (Å²) in [6, 6.07) is 4.11. The van der Waals surface area contributed by atoms with Crippen LogP contribution in [0.1, 0.15) is 50.1 Å². The molecule has 20 heavy (non-hydrogen) atoms. The Morgan fingerprint density at radius 1 is 1.15 bits per heavy atom. The van der Waals surface area contributed by atoms with E-state index in [1.54, 1.807) is 7.11 Å². The van der Waals surface area contributed by atoms with Gasteiger partial charge >= 0.3 is 0 Å². The molecule has 1 atom stereocenters. The van der Waals surface area contributed by atoms with Crippen LogP contribution in [0.15, 0.2) is 12.1 Å². The Hall–Kier alpha value is -0.930. The van der Waals surface area contributed by atoms with Crippen molar-refractivity contribution in [3.8, 4) is 11.5 Å². The summed E-state index contributed by atoms with van der Waals surface area (Å²) in [5.74, 6) is 1.65. The number of halogens is 1. The third-order valence-corrected chi connectivity index (χ3v) is 4.65. The minimum Gasteiger partial charge on any atom is -0.493 e. The van der Waals surface area contributed by atoms with Gasteiger partial charge in [-0.2, -0.15) is 0 Å². The van der Waals surface area contributed by atoms with E-state index in [9.17, 15) is 0 Å². The third-order valence-electron chi connectivity index (χ3n) is 4.32. The molecule has 0 radical (unpaired) electrons. The highest BCUT2D eigenvalue weighted by Gasteiger charge is 2.28. The molecular formula is C16H22ClNO2. The Bertz CT molecular complexity index is 466. The number of methoxy groups -OCH3 is 1. The lowest BCUT2D eigenvalue weighted by molar-refractivity contribution is 0.197. The molecule has 1 unspecified atom stereocenters. The summed E-state index contributed by atoms with van der Waals surface area (Å²) in [6.45, 7) is 1.04. The Labute approximate surface area is 125 Å². The summed E-state index contributed by atoms with van der Waals surface area (Å²) < 4.78 is 11.8. The van der Waals surface area contributed by atoms with Crippen LogP contribution in [0.3, 0.4) is 0 Å². The molecule has 1 aliphatic carbocycles.